The van der Waals surface area contributed by atoms with Gasteiger partial charge >= 0.3 is 0 Å². The lowest BCUT2D eigenvalue weighted by Crippen LogP contribution is -2.27. The number of rotatable bonds is 1. The van der Waals surface area contributed by atoms with E-state index in [0.29, 0.717) is 5.78 Å². The fourth-order valence-corrected chi connectivity index (χ4v) is 2.31. The van der Waals surface area contributed by atoms with Gasteiger partial charge in [-0.05, 0) is 9.12 Å². The van der Waals surface area contributed by atoms with E-state index in [9.17, 15) is 4.79 Å². The lowest BCUT2D eigenvalue weighted by Gasteiger charge is -2.21. The first kappa shape index (κ1) is 7.81. The van der Waals surface area contributed by atoms with Gasteiger partial charge in [-0.1, -0.05) is 0 Å². The average molecular weight is 257 g/mol. The van der Waals surface area contributed by atoms with Gasteiger partial charge in [-0.25, -0.2) is 4.31 Å². The number of carbonyl (C=O) groups is 1. The fraction of sp³-hybridized carbons (Fsp3) is 0.800. The molecule has 0 radical (unpaired) electrons. The number of carbonyl (C=O) groups excluding carboxylic acids is 1. The average Bonchev–Trinajstić information content (AvgIpc) is 1.90. The summed E-state index contributed by atoms with van der Waals surface area (Å²) in [5, 5.41) is 0. The smallest absolute Gasteiger partial charge is 0.135 e. The molecule has 0 aromatic rings. The second kappa shape index (κ2) is 3.78. The molecule has 1 aliphatic rings. The van der Waals surface area contributed by atoms with E-state index in [1.54, 1.807) is 9.12 Å². The molecule has 0 saturated carbocycles. The Morgan fingerprint density at radius 3 is 2.44 bits per heavy atom. The Morgan fingerprint density at radius 1 is 1.44 bits per heavy atom. The lowest BCUT2D eigenvalue weighted by atomic mass is 10.1. The molecule has 1 aliphatic heterocycles. The van der Waals surface area contributed by atoms with Gasteiger partial charge in [-0.2, -0.15) is 0 Å². The normalized spacial score (nSPS) is 22.6. The van der Waals surface area contributed by atoms with Gasteiger partial charge in [0, 0.05) is 47.1 Å². The van der Waals surface area contributed by atoms with Crippen LogP contribution in [-0.4, -0.2) is 23.2 Å². The van der Waals surface area contributed by atoms with Crippen LogP contribution in [0.1, 0.15) is 12.8 Å². The van der Waals surface area contributed by atoms with Crippen LogP contribution in [0.3, 0.4) is 0 Å². The van der Waals surface area contributed by atoms with Gasteiger partial charge in [0.15, 0.2) is 0 Å². The maximum atomic E-state index is 10.7. The highest BCUT2D eigenvalue weighted by molar-refractivity contribution is 14.2. The first-order chi connectivity index (χ1) is 4.33. The Balaban J connectivity index is 2.26. The summed E-state index contributed by atoms with van der Waals surface area (Å²) < 4.78 is 2.21. The van der Waals surface area contributed by atoms with Crippen LogP contribution in [0.15, 0.2) is 0 Å². The molecule has 0 bridgehead atoms. The van der Waals surface area contributed by atoms with Crippen molar-refractivity contribution in [3.63, 3.8) is 0 Å². The largest absolute Gasteiger partial charge is 0.300 e. The second-order valence-electron chi connectivity index (χ2n) is 2.04. The van der Waals surface area contributed by atoms with Crippen LogP contribution in [0.5, 0.6) is 0 Å². The minimum atomic E-state index is 0.414. The van der Waals surface area contributed by atoms with Crippen molar-refractivity contribution >= 4 is 36.1 Å². The van der Waals surface area contributed by atoms with Crippen molar-refractivity contribution in [1.29, 1.82) is 0 Å². The van der Waals surface area contributed by atoms with E-state index < -0.39 is 0 Å². The van der Waals surface area contributed by atoms with Crippen LogP contribution in [0.4, 0.5) is 0 Å². The molecule has 0 N–H and O–H groups in total. The second-order valence-corrected chi connectivity index (χ2v) is 3.87. The molecule has 4 heteroatoms. The predicted octanol–water partition coefficient (Wildman–Crippen LogP) is 1.65. The van der Waals surface area contributed by atoms with Crippen molar-refractivity contribution in [3.8, 4) is 0 Å². The van der Waals surface area contributed by atoms with E-state index >= 15 is 0 Å². The van der Waals surface area contributed by atoms with E-state index in [-0.39, 0.29) is 0 Å². The van der Waals surface area contributed by atoms with E-state index in [4.69, 9.17) is 0 Å². The summed E-state index contributed by atoms with van der Waals surface area (Å²) in [6.07, 6.45) is 1.49. The van der Waals surface area contributed by atoms with Crippen molar-refractivity contribution in [1.82, 2.24) is 4.31 Å². The highest BCUT2D eigenvalue weighted by Gasteiger charge is 2.14. The minimum absolute atomic E-state index is 0.414. The molecular weight excluding hydrogens is 249 g/mol. The third-order valence-corrected chi connectivity index (χ3v) is 3.61. The molecule has 1 saturated heterocycles. The molecular formula is C5H8INOS. The Bertz CT molecular complexity index is 110. The summed E-state index contributed by atoms with van der Waals surface area (Å²) in [5.41, 5.74) is 0. The number of halogens is 1. The SMILES string of the molecule is O=C1CCN(SI)CC1. The third kappa shape index (κ3) is 2.43. The van der Waals surface area contributed by atoms with Crippen molar-refractivity contribution < 1.29 is 4.79 Å². The highest BCUT2D eigenvalue weighted by atomic mass is 127. The Kier molecular flexibility index (Phi) is 3.28. The van der Waals surface area contributed by atoms with Gasteiger partial charge < -0.3 is 0 Å². The van der Waals surface area contributed by atoms with Gasteiger partial charge in [-0.3, -0.25) is 4.79 Å². The topological polar surface area (TPSA) is 20.3 Å². The third-order valence-electron chi connectivity index (χ3n) is 1.38. The maximum Gasteiger partial charge on any atom is 0.135 e. The number of nitrogens with zero attached hydrogens (tertiary/aromatic N) is 1. The number of piperidine rings is 1. The Morgan fingerprint density at radius 2 is 2.00 bits per heavy atom. The summed E-state index contributed by atoms with van der Waals surface area (Å²) in [4.78, 5) is 10.7. The molecule has 1 fully saturated rings. The van der Waals surface area contributed by atoms with E-state index in [1.165, 1.54) is 0 Å². The number of hydrogen-bond donors (Lipinski definition) is 0. The maximum absolute atomic E-state index is 10.7. The van der Waals surface area contributed by atoms with Crippen LogP contribution < -0.4 is 0 Å². The molecule has 2 nitrogen and oxygen atoms in total. The van der Waals surface area contributed by atoms with Gasteiger partial charge in [0.05, 0.1) is 0 Å². The Labute approximate surface area is 71.1 Å². The first-order valence-corrected chi connectivity index (χ1v) is 6.20. The molecule has 1 rings (SSSR count). The van der Waals surface area contributed by atoms with Crippen LogP contribution >= 0.6 is 30.3 Å². The zero-order valence-electron chi connectivity index (χ0n) is 4.97. The highest BCUT2D eigenvalue weighted by Crippen LogP contribution is 2.21. The van der Waals surface area contributed by atoms with Crippen LogP contribution in [0.2, 0.25) is 0 Å². The van der Waals surface area contributed by atoms with Crippen molar-refractivity contribution in [3.05, 3.63) is 0 Å². The zero-order chi connectivity index (χ0) is 6.69. The first-order valence-electron chi connectivity index (χ1n) is 2.88. The lowest BCUT2D eigenvalue weighted by molar-refractivity contribution is -0.120. The van der Waals surface area contributed by atoms with Gasteiger partial charge in [-0.15, -0.1) is 0 Å². The van der Waals surface area contributed by atoms with E-state index in [2.05, 4.69) is 25.5 Å². The van der Waals surface area contributed by atoms with Crippen molar-refractivity contribution in [2.75, 3.05) is 13.1 Å². The quantitative estimate of drug-likeness (QED) is 0.526. The Hall–Kier alpha value is 0.710. The molecule has 0 unspecified atom stereocenters. The number of Topliss-reactive ketones (excluding diaryl/α,β-unsaturated/α-hetero) is 1. The molecule has 0 atom stereocenters. The van der Waals surface area contributed by atoms with Crippen LogP contribution in [0, 0.1) is 0 Å². The van der Waals surface area contributed by atoms with Gasteiger partial charge in [0.2, 0.25) is 0 Å². The molecule has 0 aromatic heterocycles. The monoisotopic (exact) mass is 257 g/mol. The van der Waals surface area contributed by atoms with Crippen LogP contribution in [-0.2, 0) is 4.79 Å². The molecule has 0 amide bonds. The fourth-order valence-electron chi connectivity index (χ4n) is 0.805. The summed E-state index contributed by atoms with van der Waals surface area (Å²) in [6.45, 7) is 1.87. The molecule has 52 valence electrons. The van der Waals surface area contributed by atoms with Crippen LogP contribution in [0.25, 0.3) is 0 Å². The van der Waals surface area contributed by atoms with Crippen molar-refractivity contribution in [2.24, 2.45) is 0 Å². The summed E-state index contributed by atoms with van der Waals surface area (Å²) >= 11 is 2.25. The number of hydrogen-bond acceptors (Lipinski definition) is 3. The molecule has 0 aromatic carbocycles. The zero-order valence-corrected chi connectivity index (χ0v) is 7.94. The van der Waals surface area contributed by atoms with E-state index in [1.807, 2.05) is 0 Å². The summed E-state index contributed by atoms with van der Waals surface area (Å²) in [6, 6.07) is 0. The van der Waals surface area contributed by atoms with Gasteiger partial charge in [0.1, 0.15) is 5.78 Å². The predicted molar refractivity (Wildman–Crippen MR) is 47.4 cm³/mol. The standard InChI is InChI=1S/C5H8INOS/c6-9-7-3-1-5(8)2-4-7/h1-4H2. The summed E-state index contributed by atoms with van der Waals surface area (Å²) in [7, 11) is 1.70. The van der Waals surface area contributed by atoms with Crippen molar-refractivity contribution in [2.45, 2.75) is 12.8 Å². The van der Waals surface area contributed by atoms with E-state index in [0.717, 1.165) is 25.9 Å². The summed E-state index contributed by atoms with van der Waals surface area (Å²) in [5.74, 6) is 0.414. The minimum Gasteiger partial charge on any atom is -0.300 e. The molecule has 1 heterocycles. The number of ketones is 1. The molecule has 0 spiro atoms. The molecule has 0 aliphatic carbocycles. The molecule has 9 heavy (non-hydrogen) atoms. The van der Waals surface area contributed by atoms with Gasteiger partial charge in [0.25, 0.3) is 0 Å².